The Morgan fingerprint density at radius 1 is 1.00 bits per heavy atom. The first kappa shape index (κ1) is 18.9. The lowest BCUT2D eigenvalue weighted by Gasteiger charge is -2.11. The van der Waals surface area contributed by atoms with Crippen LogP contribution in [-0.2, 0) is 11.0 Å². The minimum atomic E-state index is -4.45. The maximum Gasteiger partial charge on any atom is 0.416 e. The van der Waals surface area contributed by atoms with E-state index in [1.54, 1.807) is 30.3 Å². The number of carbonyl (C=O) groups is 3. The minimum Gasteiger partial charge on any atom is -0.292 e. The zero-order valence-corrected chi connectivity index (χ0v) is 14.5. The highest BCUT2D eigenvalue weighted by Crippen LogP contribution is 2.33. The number of amides is 2. The van der Waals surface area contributed by atoms with Gasteiger partial charge in [0, 0.05) is 5.56 Å². The molecule has 0 unspecified atom stereocenters. The molecular weight excluding hydrogens is 379 g/mol. The molecule has 1 aliphatic heterocycles. The van der Waals surface area contributed by atoms with Crippen molar-refractivity contribution in [1.82, 2.24) is 4.90 Å². The van der Waals surface area contributed by atoms with Crippen LogP contribution in [0.1, 0.15) is 21.5 Å². The number of nitrogens with zero attached hydrogens (tertiary/aromatic N) is 1. The van der Waals surface area contributed by atoms with Crippen LogP contribution in [0.25, 0.3) is 6.08 Å². The molecular formula is C19H12F3NO3S. The molecule has 8 heteroatoms. The van der Waals surface area contributed by atoms with Gasteiger partial charge in [-0.3, -0.25) is 19.3 Å². The molecule has 0 saturated carbocycles. The molecule has 1 saturated heterocycles. The van der Waals surface area contributed by atoms with Crippen molar-refractivity contribution in [2.24, 2.45) is 0 Å². The summed E-state index contributed by atoms with van der Waals surface area (Å²) in [6, 6.07) is 12.5. The van der Waals surface area contributed by atoms with Gasteiger partial charge < -0.3 is 0 Å². The van der Waals surface area contributed by atoms with Gasteiger partial charge in [-0.05, 0) is 35.5 Å². The summed E-state index contributed by atoms with van der Waals surface area (Å²) in [7, 11) is 0. The molecule has 1 fully saturated rings. The van der Waals surface area contributed by atoms with Crippen molar-refractivity contribution >= 4 is 34.8 Å². The van der Waals surface area contributed by atoms with Crippen LogP contribution in [0, 0.1) is 0 Å². The Hall–Kier alpha value is -2.87. The number of rotatable bonds is 4. The summed E-state index contributed by atoms with van der Waals surface area (Å²) in [5.74, 6) is -1.03. The standard InChI is InChI=1S/C19H12F3NO3S/c20-19(21,22)14-8-6-12(7-9-14)10-16-17(25)23(18(26)27-16)11-15(24)13-4-2-1-3-5-13/h1-10H,11H2/b16-10-. The number of hydrogen-bond donors (Lipinski definition) is 0. The van der Waals surface area contributed by atoms with Gasteiger partial charge in [0.05, 0.1) is 17.0 Å². The zero-order chi connectivity index (χ0) is 19.6. The summed E-state index contributed by atoms with van der Waals surface area (Å²) in [5.41, 5.74) is -0.0765. The van der Waals surface area contributed by atoms with Gasteiger partial charge in [0.15, 0.2) is 5.78 Å². The van der Waals surface area contributed by atoms with Crippen LogP contribution in [0.3, 0.4) is 0 Å². The maximum absolute atomic E-state index is 12.6. The van der Waals surface area contributed by atoms with E-state index in [2.05, 4.69) is 0 Å². The lowest BCUT2D eigenvalue weighted by molar-refractivity contribution is -0.137. The van der Waals surface area contributed by atoms with Crippen molar-refractivity contribution in [1.29, 1.82) is 0 Å². The van der Waals surface area contributed by atoms with Gasteiger partial charge >= 0.3 is 6.18 Å². The minimum absolute atomic E-state index is 0.0561. The summed E-state index contributed by atoms with van der Waals surface area (Å²) in [4.78, 5) is 37.6. The van der Waals surface area contributed by atoms with Gasteiger partial charge in [-0.25, -0.2) is 0 Å². The number of Topliss-reactive ketones (excluding diaryl/α,β-unsaturated/α-hetero) is 1. The molecule has 0 N–H and O–H groups in total. The molecule has 0 aliphatic carbocycles. The Balaban J connectivity index is 1.75. The Bertz CT molecular complexity index is 921. The fourth-order valence-electron chi connectivity index (χ4n) is 2.41. The molecule has 2 amide bonds. The maximum atomic E-state index is 12.6. The monoisotopic (exact) mass is 391 g/mol. The van der Waals surface area contributed by atoms with Crippen molar-refractivity contribution in [3.63, 3.8) is 0 Å². The largest absolute Gasteiger partial charge is 0.416 e. The molecule has 0 atom stereocenters. The van der Waals surface area contributed by atoms with Crippen molar-refractivity contribution in [2.75, 3.05) is 6.54 Å². The lowest BCUT2D eigenvalue weighted by Crippen LogP contribution is -2.33. The van der Waals surface area contributed by atoms with Crippen LogP contribution in [-0.4, -0.2) is 28.4 Å². The van der Waals surface area contributed by atoms with E-state index in [0.717, 1.165) is 17.0 Å². The summed E-state index contributed by atoms with van der Waals surface area (Å²) in [5, 5.41) is -0.595. The van der Waals surface area contributed by atoms with Crippen molar-refractivity contribution in [3.05, 3.63) is 76.2 Å². The molecule has 0 radical (unpaired) electrons. The first-order chi connectivity index (χ1) is 12.8. The Kier molecular flexibility index (Phi) is 5.18. The third-order valence-corrected chi connectivity index (χ3v) is 4.71. The topological polar surface area (TPSA) is 54.5 Å². The number of carbonyl (C=O) groups excluding carboxylic acids is 3. The number of ketones is 1. The molecule has 4 nitrogen and oxygen atoms in total. The van der Waals surface area contributed by atoms with E-state index < -0.39 is 22.9 Å². The second-order valence-corrected chi connectivity index (χ2v) is 6.67. The summed E-state index contributed by atoms with van der Waals surface area (Å²) in [6.45, 7) is -0.390. The number of hydrogen-bond acceptors (Lipinski definition) is 4. The SMILES string of the molecule is O=C(CN1C(=O)S/C(=C\c2ccc(C(F)(F)F)cc2)C1=O)c1ccccc1. The van der Waals surface area contributed by atoms with E-state index in [1.807, 2.05) is 0 Å². The normalized spacial score (nSPS) is 16.3. The highest BCUT2D eigenvalue weighted by atomic mass is 32.2. The fourth-order valence-corrected chi connectivity index (χ4v) is 3.25. The third-order valence-electron chi connectivity index (χ3n) is 3.81. The molecule has 1 aliphatic rings. The number of thioether (sulfide) groups is 1. The predicted molar refractivity (Wildman–Crippen MR) is 94.9 cm³/mol. The van der Waals surface area contributed by atoms with Gasteiger partial charge in [0.1, 0.15) is 0 Å². The molecule has 1 heterocycles. The van der Waals surface area contributed by atoms with E-state index >= 15 is 0 Å². The van der Waals surface area contributed by atoms with Crippen LogP contribution >= 0.6 is 11.8 Å². The van der Waals surface area contributed by atoms with Crippen LogP contribution in [0.15, 0.2) is 59.5 Å². The second kappa shape index (κ2) is 7.40. The second-order valence-electron chi connectivity index (χ2n) is 5.68. The lowest BCUT2D eigenvalue weighted by atomic mass is 10.1. The van der Waals surface area contributed by atoms with Gasteiger partial charge in [0.2, 0.25) is 0 Å². The molecule has 0 aromatic heterocycles. The third kappa shape index (κ3) is 4.28. The predicted octanol–water partition coefficient (Wildman–Crippen LogP) is 4.62. The van der Waals surface area contributed by atoms with E-state index in [4.69, 9.17) is 0 Å². The summed E-state index contributed by atoms with van der Waals surface area (Å²) in [6.07, 6.45) is -3.12. The molecule has 27 heavy (non-hydrogen) atoms. The van der Waals surface area contributed by atoms with Crippen molar-refractivity contribution < 1.29 is 27.6 Å². The molecule has 2 aromatic rings. The van der Waals surface area contributed by atoms with Crippen LogP contribution in [0.2, 0.25) is 0 Å². The van der Waals surface area contributed by atoms with Crippen LogP contribution in [0.4, 0.5) is 18.0 Å². The number of imide groups is 1. The Morgan fingerprint density at radius 2 is 1.63 bits per heavy atom. The summed E-state index contributed by atoms with van der Waals surface area (Å²) >= 11 is 0.648. The van der Waals surface area contributed by atoms with Crippen LogP contribution < -0.4 is 0 Å². The summed E-state index contributed by atoms with van der Waals surface area (Å²) < 4.78 is 37.8. The van der Waals surface area contributed by atoms with Gasteiger partial charge in [-0.1, -0.05) is 42.5 Å². The Morgan fingerprint density at radius 3 is 2.22 bits per heavy atom. The fraction of sp³-hybridized carbons (Fsp3) is 0.105. The Labute approximate surface area is 156 Å². The first-order valence-electron chi connectivity index (χ1n) is 7.76. The van der Waals surface area contributed by atoms with Crippen molar-refractivity contribution in [2.45, 2.75) is 6.18 Å². The smallest absolute Gasteiger partial charge is 0.292 e. The average molecular weight is 391 g/mol. The first-order valence-corrected chi connectivity index (χ1v) is 8.58. The van der Waals surface area contributed by atoms with E-state index in [1.165, 1.54) is 18.2 Å². The van der Waals surface area contributed by atoms with Gasteiger partial charge in [0.25, 0.3) is 11.1 Å². The average Bonchev–Trinajstić information content (AvgIpc) is 2.89. The highest BCUT2D eigenvalue weighted by Gasteiger charge is 2.36. The molecule has 0 bridgehead atoms. The van der Waals surface area contributed by atoms with Gasteiger partial charge in [-0.15, -0.1) is 0 Å². The number of halogens is 3. The number of alkyl halides is 3. The van der Waals surface area contributed by atoms with Crippen molar-refractivity contribution in [3.8, 4) is 0 Å². The van der Waals surface area contributed by atoms with Gasteiger partial charge in [-0.2, -0.15) is 13.2 Å². The molecule has 0 spiro atoms. The zero-order valence-electron chi connectivity index (χ0n) is 13.7. The molecule has 3 rings (SSSR count). The molecule has 138 valence electrons. The van der Waals surface area contributed by atoms with Crippen LogP contribution in [0.5, 0.6) is 0 Å². The molecule has 2 aromatic carbocycles. The highest BCUT2D eigenvalue weighted by molar-refractivity contribution is 8.18. The van der Waals surface area contributed by atoms with E-state index in [-0.39, 0.29) is 17.2 Å². The van der Waals surface area contributed by atoms with E-state index in [0.29, 0.717) is 22.9 Å². The van der Waals surface area contributed by atoms with E-state index in [9.17, 15) is 27.6 Å². The number of benzene rings is 2. The quantitative estimate of drug-likeness (QED) is 0.564.